The summed E-state index contributed by atoms with van der Waals surface area (Å²) in [5.41, 5.74) is -0.432. The predicted molar refractivity (Wildman–Crippen MR) is 49.9 cm³/mol. The molecule has 0 radical (unpaired) electrons. The third-order valence-corrected chi connectivity index (χ3v) is 3.85. The van der Waals surface area contributed by atoms with Crippen LogP contribution >= 0.6 is 23.2 Å². The molecule has 12 heavy (non-hydrogen) atoms. The summed E-state index contributed by atoms with van der Waals surface area (Å²) < 4.78 is 10.8. The fraction of sp³-hybridized carbons (Fsp3) is 1.00. The Morgan fingerprint density at radius 3 is 1.83 bits per heavy atom. The fourth-order valence-corrected chi connectivity index (χ4v) is 2.12. The van der Waals surface area contributed by atoms with E-state index in [0.717, 1.165) is 0 Å². The van der Waals surface area contributed by atoms with E-state index in [9.17, 15) is 0 Å². The van der Waals surface area contributed by atoms with E-state index >= 15 is 0 Å². The monoisotopic (exact) mass is 212 g/mol. The molecule has 1 fully saturated rings. The Balaban J connectivity index is 2.88. The minimum atomic E-state index is -0.766. The summed E-state index contributed by atoms with van der Waals surface area (Å²) in [7, 11) is 1.57. The van der Waals surface area contributed by atoms with E-state index < -0.39 is 11.4 Å². The van der Waals surface area contributed by atoms with Crippen molar-refractivity contribution in [3.05, 3.63) is 0 Å². The zero-order valence-electron chi connectivity index (χ0n) is 7.73. The van der Waals surface area contributed by atoms with Crippen molar-refractivity contribution in [2.45, 2.75) is 42.9 Å². The van der Waals surface area contributed by atoms with Crippen LogP contribution in [0.25, 0.3) is 0 Å². The molecule has 0 amide bonds. The Labute approximate surface area is 83.1 Å². The van der Waals surface area contributed by atoms with Crippen LogP contribution in [0.5, 0.6) is 0 Å². The maximum absolute atomic E-state index is 6.08. The maximum Gasteiger partial charge on any atom is 0.183 e. The van der Waals surface area contributed by atoms with Gasteiger partial charge < -0.3 is 9.47 Å². The molecule has 0 bridgehead atoms. The quantitative estimate of drug-likeness (QED) is 0.622. The second-order valence-corrected chi connectivity index (χ2v) is 4.67. The van der Waals surface area contributed by atoms with Gasteiger partial charge in [-0.3, -0.25) is 0 Å². The van der Waals surface area contributed by atoms with Crippen LogP contribution in [0.3, 0.4) is 0 Å². The molecular formula is C8H14Cl2O2. The molecule has 1 heterocycles. The van der Waals surface area contributed by atoms with E-state index in [2.05, 4.69) is 0 Å². The van der Waals surface area contributed by atoms with Gasteiger partial charge in [-0.1, -0.05) is 0 Å². The molecular weight excluding hydrogens is 199 g/mol. The largest absolute Gasteiger partial charge is 0.352 e. The molecule has 0 aromatic rings. The van der Waals surface area contributed by atoms with E-state index in [1.54, 1.807) is 14.0 Å². The van der Waals surface area contributed by atoms with Crippen LogP contribution in [0.1, 0.15) is 20.8 Å². The van der Waals surface area contributed by atoms with Gasteiger partial charge in [-0.15, -0.1) is 23.2 Å². The Hall–Kier alpha value is 0.500. The van der Waals surface area contributed by atoms with Crippen LogP contribution < -0.4 is 0 Å². The molecule has 0 aromatic heterocycles. The summed E-state index contributed by atoms with van der Waals surface area (Å²) in [5.74, 6) is -0.766. The van der Waals surface area contributed by atoms with Crippen LogP contribution in [0.15, 0.2) is 0 Å². The van der Waals surface area contributed by atoms with Crippen molar-refractivity contribution < 1.29 is 9.47 Å². The van der Waals surface area contributed by atoms with Gasteiger partial charge in [-0.05, 0) is 20.8 Å². The summed E-state index contributed by atoms with van der Waals surface area (Å²) in [6, 6.07) is 0. The smallest absolute Gasteiger partial charge is 0.183 e. The Morgan fingerprint density at radius 2 is 1.67 bits per heavy atom. The lowest BCUT2D eigenvalue weighted by Gasteiger charge is -2.27. The molecule has 1 aliphatic heterocycles. The molecule has 0 unspecified atom stereocenters. The van der Waals surface area contributed by atoms with Gasteiger partial charge >= 0.3 is 0 Å². The van der Waals surface area contributed by atoms with E-state index in [0.29, 0.717) is 0 Å². The van der Waals surface area contributed by atoms with Crippen LogP contribution in [0.4, 0.5) is 0 Å². The minimum absolute atomic E-state index is 0.232. The van der Waals surface area contributed by atoms with Crippen molar-refractivity contribution in [2.75, 3.05) is 7.11 Å². The van der Waals surface area contributed by atoms with Gasteiger partial charge in [-0.25, -0.2) is 0 Å². The number of alkyl halides is 2. The summed E-state index contributed by atoms with van der Waals surface area (Å²) in [6.07, 6.45) is 0. The van der Waals surface area contributed by atoms with Gasteiger partial charge in [0.15, 0.2) is 5.79 Å². The highest BCUT2D eigenvalue weighted by Crippen LogP contribution is 2.44. The van der Waals surface area contributed by atoms with E-state index in [1.807, 2.05) is 13.8 Å². The van der Waals surface area contributed by atoms with E-state index in [4.69, 9.17) is 32.7 Å². The van der Waals surface area contributed by atoms with Crippen molar-refractivity contribution in [2.24, 2.45) is 0 Å². The topological polar surface area (TPSA) is 18.5 Å². The molecule has 1 rings (SSSR count). The Morgan fingerprint density at radius 1 is 1.17 bits per heavy atom. The van der Waals surface area contributed by atoms with E-state index in [1.165, 1.54) is 0 Å². The van der Waals surface area contributed by atoms with Crippen molar-refractivity contribution in [3.63, 3.8) is 0 Å². The molecule has 0 N–H and O–H groups in total. The second-order valence-electron chi connectivity index (χ2n) is 3.73. The summed E-state index contributed by atoms with van der Waals surface area (Å²) in [6.45, 7) is 5.61. The van der Waals surface area contributed by atoms with Gasteiger partial charge in [0.2, 0.25) is 0 Å². The first-order chi connectivity index (χ1) is 5.33. The van der Waals surface area contributed by atoms with Crippen LogP contribution in [-0.4, -0.2) is 29.3 Å². The standard InChI is InChI=1S/C8H14Cl2O2/c1-7(2)5(9)6(10)8(3,11-4)12-7/h5-6H,1-4H3/t5-,6+,8+/m0/s1. The molecule has 72 valence electrons. The SMILES string of the molecule is CO[C@]1(C)OC(C)(C)[C@@H](Cl)[C@H]1Cl. The van der Waals surface area contributed by atoms with E-state index in [-0.39, 0.29) is 10.8 Å². The van der Waals surface area contributed by atoms with Gasteiger partial charge in [0.25, 0.3) is 0 Å². The zero-order valence-corrected chi connectivity index (χ0v) is 9.24. The predicted octanol–water partition coefficient (Wildman–Crippen LogP) is 2.37. The lowest BCUT2D eigenvalue weighted by Crippen LogP contribution is -2.36. The van der Waals surface area contributed by atoms with Gasteiger partial charge in [0.1, 0.15) is 5.38 Å². The van der Waals surface area contributed by atoms with Crippen molar-refractivity contribution in [3.8, 4) is 0 Å². The molecule has 4 heteroatoms. The average molecular weight is 213 g/mol. The highest BCUT2D eigenvalue weighted by atomic mass is 35.5. The lowest BCUT2D eigenvalue weighted by molar-refractivity contribution is -0.217. The summed E-state index contributed by atoms with van der Waals surface area (Å²) in [5, 5.41) is -0.553. The number of hydrogen-bond donors (Lipinski definition) is 0. The third kappa shape index (κ3) is 1.46. The maximum atomic E-state index is 6.08. The van der Waals surface area contributed by atoms with Gasteiger partial charge in [-0.2, -0.15) is 0 Å². The normalized spacial score (nSPS) is 46.5. The highest BCUT2D eigenvalue weighted by molar-refractivity contribution is 6.31. The molecule has 2 nitrogen and oxygen atoms in total. The molecule has 0 aliphatic carbocycles. The number of halogens is 2. The average Bonchev–Trinajstić information content (AvgIpc) is 2.13. The van der Waals surface area contributed by atoms with Crippen LogP contribution in [0.2, 0.25) is 0 Å². The second kappa shape index (κ2) is 3.02. The summed E-state index contributed by atoms with van der Waals surface area (Å²) >= 11 is 12.2. The van der Waals surface area contributed by atoms with Crippen molar-refractivity contribution in [1.82, 2.24) is 0 Å². The van der Waals surface area contributed by atoms with Gasteiger partial charge in [0, 0.05) is 7.11 Å². The molecule has 3 atom stereocenters. The van der Waals surface area contributed by atoms with Crippen molar-refractivity contribution >= 4 is 23.2 Å². The highest BCUT2D eigenvalue weighted by Gasteiger charge is 2.55. The number of hydrogen-bond acceptors (Lipinski definition) is 2. The zero-order chi connectivity index (χ0) is 9.57. The van der Waals surface area contributed by atoms with Crippen LogP contribution in [0, 0.1) is 0 Å². The number of methoxy groups -OCH3 is 1. The molecule has 0 saturated carbocycles. The first-order valence-electron chi connectivity index (χ1n) is 3.87. The molecule has 1 aliphatic rings. The molecule has 0 spiro atoms. The third-order valence-electron chi connectivity index (χ3n) is 2.29. The molecule has 0 aromatic carbocycles. The van der Waals surface area contributed by atoms with Crippen molar-refractivity contribution in [1.29, 1.82) is 0 Å². The lowest BCUT2D eigenvalue weighted by atomic mass is 10.0. The fourth-order valence-electron chi connectivity index (χ4n) is 1.41. The summed E-state index contributed by atoms with van der Waals surface area (Å²) in [4.78, 5) is 0. The Bertz CT molecular complexity index is 184. The molecule has 1 saturated heterocycles. The first kappa shape index (κ1) is 10.6. The number of ether oxygens (including phenoxy) is 2. The first-order valence-corrected chi connectivity index (χ1v) is 4.74. The number of rotatable bonds is 1. The minimum Gasteiger partial charge on any atom is -0.352 e. The van der Waals surface area contributed by atoms with Crippen LogP contribution in [-0.2, 0) is 9.47 Å². The van der Waals surface area contributed by atoms with Gasteiger partial charge in [0.05, 0.1) is 11.0 Å². The Kier molecular flexibility index (Phi) is 2.66.